The van der Waals surface area contributed by atoms with Gasteiger partial charge in [0.25, 0.3) is 11.8 Å². The van der Waals surface area contributed by atoms with Gasteiger partial charge in [-0.1, -0.05) is 25.1 Å². The van der Waals surface area contributed by atoms with Crippen LogP contribution in [0.5, 0.6) is 0 Å². The number of hydrogen-bond acceptors (Lipinski definition) is 4. The number of aryl methyl sites for hydroxylation is 2. The predicted octanol–water partition coefficient (Wildman–Crippen LogP) is 2.89. The summed E-state index contributed by atoms with van der Waals surface area (Å²) < 4.78 is 0. The van der Waals surface area contributed by atoms with Crippen LogP contribution in [0.25, 0.3) is 0 Å². The highest BCUT2D eigenvalue weighted by Crippen LogP contribution is 2.21. The molecule has 0 fully saturated rings. The normalized spacial score (nSPS) is 10.7. The van der Waals surface area contributed by atoms with Gasteiger partial charge in [-0.3, -0.25) is 14.6 Å². The van der Waals surface area contributed by atoms with Crippen LogP contribution in [0.3, 0.4) is 0 Å². The number of carbonyl (C=O) groups excluding carboxylic acids is 2. The summed E-state index contributed by atoms with van der Waals surface area (Å²) in [6.07, 6.45) is 3.17. The Labute approximate surface area is 161 Å². The molecule has 1 aromatic carbocycles. The highest BCUT2D eigenvalue weighted by Gasteiger charge is 2.14. The fourth-order valence-corrected chi connectivity index (χ4v) is 2.77. The van der Waals surface area contributed by atoms with Crippen molar-refractivity contribution in [3.05, 3.63) is 58.9 Å². The number of benzene rings is 1. The molecule has 0 atom stereocenters. The van der Waals surface area contributed by atoms with Gasteiger partial charge in [0.1, 0.15) is 5.69 Å². The van der Waals surface area contributed by atoms with Crippen molar-refractivity contribution in [3.63, 3.8) is 0 Å². The quantitative estimate of drug-likeness (QED) is 0.703. The van der Waals surface area contributed by atoms with Gasteiger partial charge in [0.2, 0.25) is 0 Å². The minimum atomic E-state index is -0.318. The predicted molar refractivity (Wildman–Crippen MR) is 108 cm³/mol. The number of aromatic nitrogens is 1. The van der Waals surface area contributed by atoms with Gasteiger partial charge in [0.15, 0.2) is 0 Å². The Morgan fingerprint density at radius 1 is 1.15 bits per heavy atom. The molecule has 144 valence electrons. The number of carbonyl (C=O) groups is 2. The first-order valence-electron chi connectivity index (χ1n) is 9.21. The number of pyridine rings is 1. The van der Waals surface area contributed by atoms with E-state index >= 15 is 0 Å². The standard InChI is InChI=1S/C21H28N4O2/c1-5-16-9-6-8-15(2)19(16)24-21(27)18-14-17(10-12-22-18)20(26)23-11-7-13-25(3)4/h6,8-10,12,14H,5,7,11,13H2,1-4H3,(H,23,26)(H,24,27). The first-order chi connectivity index (χ1) is 12.9. The van der Waals surface area contributed by atoms with Crippen molar-refractivity contribution in [1.82, 2.24) is 15.2 Å². The number of nitrogens with one attached hydrogen (secondary N) is 2. The summed E-state index contributed by atoms with van der Waals surface area (Å²) in [6.45, 7) is 5.49. The Balaban J connectivity index is 2.06. The zero-order valence-electron chi connectivity index (χ0n) is 16.5. The van der Waals surface area contributed by atoms with E-state index in [2.05, 4.69) is 20.5 Å². The lowest BCUT2D eigenvalue weighted by Crippen LogP contribution is -2.27. The van der Waals surface area contributed by atoms with Crippen LogP contribution < -0.4 is 10.6 Å². The van der Waals surface area contributed by atoms with E-state index in [0.29, 0.717) is 12.1 Å². The van der Waals surface area contributed by atoms with Gasteiger partial charge in [0.05, 0.1) is 0 Å². The Bertz CT molecular complexity index is 803. The maximum Gasteiger partial charge on any atom is 0.274 e. The average Bonchev–Trinajstić information content (AvgIpc) is 2.66. The SMILES string of the molecule is CCc1cccc(C)c1NC(=O)c1cc(C(=O)NCCCN(C)C)ccn1. The van der Waals surface area contributed by atoms with Crippen molar-refractivity contribution in [2.45, 2.75) is 26.7 Å². The van der Waals surface area contributed by atoms with Crippen LogP contribution in [0, 0.1) is 6.92 Å². The highest BCUT2D eigenvalue weighted by molar-refractivity contribution is 6.05. The lowest BCUT2D eigenvalue weighted by atomic mass is 10.1. The second-order valence-electron chi connectivity index (χ2n) is 6.76. The molecule has 0 unspecified atom stereocenters. The number of rotatable bonds is 8. The van der Waals surface area contributed by atoms with Crippen LogP contribution in [0.4, 0.5) is 5.69 Å². The van der Waals surface area contributed by atoms with Gasteiger partial charge in [-0.15, -0.1) is 0 Å². The first kappa shape index (κ1) is 20.6. The summed E-state index contributed by atoms with van der Waals surface area (Å²) in [6, 6.07) is 9.07. The van der Waals surface area contributed by atoms with Crippen molar-refractivity contribution >= 4 is 17.5 Å². The molecule has 0 aliphatic heterocycles. The maximum atomic E-state index is 12.6. The molecule has 2 amide bonds. The smallest absolute Gasteiger partial charge is 0.274 e. The molecule has 0 spiro atoms. The minimum Gasteiger partial charge on any atom is -0.352 e. The fraction of sp³-hybridized carbons (Fsp3) is 0.381. The van der Waals surface area contributed by atoms with Crippen molar-refractivity contribution in [2.75, 3.05) is 32.5 Å². The van der Waals surface area contributed by atoms with Crippen molar-refractivity contribution in [2.24, 2.45) is 0 Å². The summed E-state index contributed by atoms with van der Waals surface area (Å²) in [4.78, 5) is 31.1. The van der Waals surface area contributed by atoms with E-state index < -0.39 is 0 Å². The number of amides is 2. The van der Waals surface area contributed by atoms with Crippen molar-refractivity contribution < 1.29 is 9.59 Å². The zero-order chi connectivity index (χ0) is 19.8. The molecule has 1 heterocycles. The summed E-state index contributed by atoms with van der Waals surface area (Å²) in [5, 5.41) is 5.81. The van der Waals surface area contributed by atoms with E-state index in [1.807, 2.05) is 46.1 Å². The van der Waals surface area contributed by atoms with Gasteiger partial charge in [-0.25, -0.2) is 0 Å². The van der Waals surface area contributed by atoms with Gasteiger partial charge in [0, 0.05) is 24.0 Å². The van der Waals surface area contributed by atoms with Gasteiger partial charge < -0.3 is 15.5 Å². The highest BCUT2D eigenvalue weighted by atomic mass is 16.2. The van der Waals surface area contributed by atoms with Gasteiger partial charge in [-0.05, 0) is 63.7 Å². The third-order valence-corrected chi connectivity index (χ3v) is 4.30. The van der Waals surface area contributed by atoms with Crippen LogP contribution in [-0.2, 0) is 6.42 Å². The summed E-state index contributed by atoms with van der Waals surface area (Å²) in [5.74, 6) is -0.517. The summed E-state index contributed by atoms with van der Waals surface area (Å²) >= 11 is 0. The second-order valence-corrected chi connectivity index (χ2v) is 6.76. The van der Waals surface area contributed by atoms with E-state index in [9.17, 15) is 9.59 Å². The minimum absolute atomic E-state index is 0.199. The third-order valence-electron chi connectivity index (χ3n) is 4.30. The summed E-state index contributed by atoms with van der Waals surface area (Å²) in [7, 11) is 3.99. The molecule has 0 saturated heterocycles. The number of anilines is 1. The molecule has 6 heteroatoms. The number of nitrogens with zero attached hydrogens (tertiary/aromatic N) is 2. The van der Waals surface area contributed by atoms with E-state index in [4.69, 9.17) is 0 Å². The molecule has 2 rings (SSSR count). The summed E-state index contributed by atoms with van der Waals surface area (Å²) in [5.41, 5.74) is 3.53. The first-order valence-corrected chi connectivity index (χ1v) is 9.21. The van der Waals surface area contributed by atoms with E-state index in [1.165, 1.54) is 12.3 Å². The second kappa shape index (κ2) is 9.83. The fourth-order valence-electron chi connectivity index (χ4n) is 2.77. The Morgan fingerprint density at radius 2 is 1.93 bits per heavy atom. The molecule has 27 heavy (non-hydrogen) atoms. The number of para-hydroxylation sites is 1. The molecule has 2 aromatic rings. The molecule has 2 N–H and O–H groups in total. The lowest BCUT2D eigenvalue weighted by Gasteiger charge is -2.13. The Kier molecular flexibility index (Phi) is 7.49. The van der Waals surface area contributed by atoms with Gasteiger partial charge in [-0.2, -0.15) is 0 Å². The largest absolute Gasteiger partial charge is 0.352 e. The molecule has 0 aliphatic carbocycles. The van der Waals surface area contributed by atoms with Crippen molar-refractivity contribution in [1.29, 1.82) is 0 Å². The molecular weight excluding hydrogens is 340 g/mol. The van der Waals surface area contributed by atoms with Crippen LogP contribution in [-0.4, -0.2) is 48.9 Å². The van der Waals surface area contributed by atoms with Crippen LogP contribution in [0.15, 0.2) is 36.5 Å². The monoisotopic (exact) mass is 368 g/mol. The molecule has 6 nitrogen and oxygen atoms in total. The molecular formula is C21H28N4O2. The van der Waals surface area contributed by atoms with E-state index in [0.717, 1.165) is 36.2 Å². The zero-order valence-corrected chi connectivity index (χ0v) is 16.5. The lowest BCUT2D eigenvalue weighted by molar-refractivity contribution is 0.0952. The molecule has 0 bridgehead atoms. The van der Waals surface area contributed by atoms with E-state index in [1.54, 1.807) is 6.07 Å². The average molecular weight is 368 g/mol. The van der Waals surface area contributed by atoms with Crippen molar-refractivity contribution in [3.8, 4) is 0 Å². The van der Waals surface area contributed by atoms with E-state index in [-0.39, 0.29) is 17.5 Å². The number of hydrogen-bond donors (Lipinski definition) is 2. The van der Waals surface area contributed by atoms with Crippen LogP contribution in [0.2, 0.25) is 0 Å². The topological polar surface area (TPSA) is 74.3 Å². The Hall–Kier alpha value is -2.73. The Morgan fingerprint density at radius 3 is 2.63 bits per heavy atom. The third kappa shape index (κ3) is 5.89. The molecule has 1 aromatic heterocycles. The van der Waals surface area contributed by atoms with Crippen LogP contribution >= 0.6 is 0 Å². The van der Waals surface area contributed by atoms with Gasteiger partial charge >= 0.3 is 0 Å². The van der Waals surface area contributed by atoms with Crippen LogP contribution in [0.1, 0.15) is 45.3 Å². The maximum absolute atomic E-state index is 12.6. The molecule has 0 aliphatic rings. The molecule has 0 radical (unpaired) electrons. The molecule has 0 saturated carbocycles.